The van der Waals surface area contributed by atoms with Gasteiger partial charge in [0.25, 0.3) is 0 Å². The number of benzene rings is 1. The molecule has 5 nitrogen and oxygen atoms in total. The second kappa shape index (κ2) is 7.53. The molecule has 20 heavy (non-hydrogen) atoms. The Morgan fingerprint density at radius 3 is 2.35 bits per heavy atom. The standard InChI is InChI=1S/C15H22N2O3/c1-11(2)9-13(14(18)19)16-15(20)17(3)10-12-7-5-4-6-8-12/h4-8,11,13H,9-10H2,1-3H3,(H,16,20)(H,18,19)/t13-/m0/s1. The minimum Gasteiger partial charge on any atom is -0.480 e. The number of carboxylic acids is 1. The van der Waals surface area contributed by atoms with E-state index >= 15 is 0 Å². The van der Waals surface area contributed by atoms with Gasteiger partial charge in [0.1, 0.15) is 6.04 Å². The van der Waals surface area contributed by atoms with Gasteiger partial charge in [0, 0.05) is 13.6 Å². The van der Waals surface area contributed by atoms with Crippen LogP contribution in [0.3, 0.4) is 0 Å². The largest absolute Gasteiger partial charge is 0.480 e. The van der Waals surface area contributed by atoms with Crippen molar-refractivity contribution in [3.05, 3.63) is 35.9 Å². The Balaban J connectivity index is 2.57. The van der Waals surface area contributed by atoms with Crippen LogP contribution in [0, 0.1) is 5.92 Å². The predicted octanol–water partition coefficient (Wildman–Crippen LogP) is 2.33. The highest BCUT2D eigenvalue weighted by molar-refractivity contribution is 5.82. The fourth-order valence-electron chi connectivity index (χ4n) is 1.88. The molecule has 1 aromatic carbocycles. The third-order valence-electron chi connectivity index (χ3n) is 2.91. The summed E-state index contributed by atoms with van der Waals surface area (Å²) >= 11 is 0. The summed E-state index contributed by atoms with van der Waals surface area (Å²) in [5.41, 5.74) is 1.00. The Labute approximate surface area is 119 Å². The minimum absolute atomic E-state index is 0.204. The number of carbonyl (C=O) groups is 2. The molecule has 0 spiro atoms. The summed E-state index contributed by atoms with van der Waals surface area (Å²) in [6, 6.07) is 8.34. The smallest absolute Gasteiger partial charge is 0.326 e. The molecule has 0 saturated carbocycles. The van der Waals surface area contributed by atoms with Crippen molar-refractivity contribution >= 4 is 12.0 Å². The number of rotatable bonds is 6. The minimum atomic E-state index is -1.000. The van der Waals surface area contributed by atoms with Gasteiger partial charge in [-0.3, -0.25) is 0 Å². The van der Waals surface area contributed by atoms with E-state index in [9.17, 15) is 9.59 Å². The first-order valence-corrected chi connectivity index (χ1v) is 6.68. The van der Waals surface area contributed by atoms with E-state index < -0.39 is 12.0 Å². The van der Waals surface area contributed by atoms with Crippen LogP contribution in [0.5, 0.6) is 0 Å². The monoisotopic (exact) mass is 278 g/mol. The number of carbonyl (C=O) groups excluding carboxylic acids is 1. The van der Waals surface area contributed by atoms with Gasteiger partial charge in [0.2, 0.25) is 0 Å². The van der Waals surface area contributed by atoms with E-state index in [2.05, 4.69) is 5.32 Å². The Morgan fingerprint density at radius 2 is 1.85 bits per heavy atom. The van der Waals surface area contributed by atoms with Gasteiger partial charge in [-0.15, -0.1) is 0 Å². The van der Waals surface area contributed by atoms with Crippen LogP contribution in [0.25, 0.3) is 0 Å². The molecule has 5 heteroatoms. The fourth-order valence-corrected chi connectivity index (χ4v) is 1.88. The van der Waals surface area contributed by atoms with Crippen LogP contribution in [0.2, 0.25) is 0 Å². The molecule has 110 valence electrons. The van der Waals surface area contributed by atoms with Gasteiger partial charge in [0.15, 0.2) is 0 Å². The molecule has 0 aromatic heterocycles. The molecule has 2 amide bonds. The zero-order valence-electron chi connectivity index (χ0n) is 12.2. The van der Waals surface area contributed by atoms with E-state index in [1.165, 1.54) is 4.90 Å². The van der Waals surface area contributed by atoms with Crippen molar-refractivity contribution in [1.82, 2.24) is 10.2 Å². The van der Waals surface area contributed by atoms with Crippen LogP contribution < -0.4 is 5.32 Å². The number of aliphatic carboxylic acids is 1. The Bertz CT molecular complexity index is 446. The number of hydrogen-bond donors (Lipinski definition) is 2. The normalized spacial score (nSPS) is 12.0. The molecule has 1 atom stereocenters. The first-order chi connectivity index (χ1) is 9.40. The van der Waals surface area contributed by atoms with Crippen molar-refractivity contribution in [2.24, 2.45) is 5.92 Å². The molecular formula is C15H22N2O3. The van der Waals surface area contributed by atoms with Crippen LogP contribution in [0.4, 0.5) is 4.79 Å². The average Bonchev–Trinajstić information content (AvgIpc) is 2.38. The highest BCUT2D eigenvalue weighted by Crippen LogP contribution is 2.07. The molecule has 0 saturated heterocycles. The summed E-state index contributed by atoms with van der Waals surface area (Å²) in [5.74, 6) is -0.795. The molecule has 1 aromatic rings. The summed E-state index contributed by atoms with van der Waals surface area (Å²) in [4.78, 5) is 24.6. The topological polar surface area (TPSA) is 69.6 Å². The molecule has 1 rings (SSSR count). The van der Waals surface area contributed by atoms with Crippen molar-refractivity contribution in [3.8, 4) is 0 Å². The summed E-state index contributed by atoms with van der Waals surface area (Å²) in [7, 11) is 1.65. The molecular weight excluding hydrogens is 256 g/mol. The summed E-state index contributed by atoms with van der Waals surface area (Å²) in [6.45, 7) is 4.30. The molecule has 0 unspecified atom stereocenters. The van der Waals surface area contributed by atoms with Crippen LogP contribution in [-0.2, 0) is 11.3 Å². The zero-order valence-corrected chi connectivity index (χ0v) is 12.2. The number of amides is 2. The van der Waals surface area contributed by atoms with Crippen LogP contribution in [-0.4, -0.2) is 35.1 Å². The van der Waals surface area contributed by atoms with Crippen LogP contribution in [0.15, 0.2) is 30.3 Å². The number of nitrogens with one attached hydrogen (secondary N) is 1. The van der Waals surface area contributed by atoms with Gasteiger partial charge in [0.05, 0.1) is 0 Å². The third kappa shape index (κ3) is 5.30. The zero-order chi connectivity index (χ0) is 15.1. The lowest BCUT2D eigenvalue weighted by atomic mass is 10.0. The maximum atomic E-state index is 12.0. The van der Waals surface area contributed by atoms with E-state index in [0.717, 1.165) is 5.56 Å². The SMILES string of the molecule is CC(C)C[C@H](NC(=O)N(C)Cc1ccccc1)C(=O)O. The van der Waals surface area contributed by atoms with Crippen molar-refractivity contribution in [2.45, 2.75) is 32.9 Å². The first kappa shape index (κ1) is 16.0. The Morgan fingerprint density at radius 1 is 1.25 bits per heavy atom. The molecule has 0 aliphatic heterocycles. The van der Waals surface area contributed by atoms with Crippen molar-refractivity contribution in [3.63, 3.8) is 0 Å². The van der Waals surface area contributed by atoms with Crippen molar-refractivity contribution in [1.29, 1.82) is 0 Å². The van der Waals surface area contributed by atoms with Crippen molar-refractivity contribution < 1.29 is 14.7 Å². The maximum absolute atomic E-state index is 12.0. The summed E-state index contributed by atoms with van der Waals surface area (Å²) in [6.07, 6.45) is 0.417. The van der Waals surface area contributed by atoms with Gasteiger partial charge in [-0.1, -0.05) is 44.2 Å². The third-order valence-corrected chi connectivity index (χ3v) is 2.91. The number of nitrogens with zero attached hydrogens (tertiary/aromatic N) is 1. The van der Waals surface area contributed by atoms with Crippen LogP contribution in [0.1, 0.15) is 25.8 Å². The Kier molecular flexibility index (Phi) is 6.03. The maximum Gasteiger partial charge on any atom is 0.326 e. The highest BCUT2D eigenvalue weighted by Gasteiger charge is 2.22. The van der Waals surface area contributed by atoms with E-state index in [1.807, 2.05) is 44.2 Å². The van der Waals surface area contributed by atoms with E-state index in [0.29, 0.717) is 13.0 Å². The molecule has 0 aliphatic carbocycles. The van der Waals surface area contributed by atoms with Gasteiger partial charge in [-0.2, -0.15) is 0 Å². The second-order valence-corrected chi connectivity index (χ2v) is 5.31. The molecule has 2 N–H and O–H groups in total. The number of carboxylic acid groups (broad SMARTS) is 1. The van der Waals surface area contributed by atoms with E-state index in [-0.39, 0.29) is 11.9 Å². The van der Waals surface area contributed by atoms with Gasteiger partial charge in [-0.05, 0) is 17.9 Å². The molecule has 0 aliphatic rings. The highest BCUT2D eigenvalue weighted by atomic mass is 16.4. The van der Waals surface area contributed by atoms with E-state index in [1.54, 1.807) is 7.05 Å². The molecule has 0 fully saturated rings. The average molecular weight is 278 g/mol. The molecule has 0 heterocycles. The summed E-state index contributed by atoms with van der Waals surface area (Å²) < 4.78 is 0. The fraction of sp³-hybridized carbons (Fsp3) is 0.467. The van der Waals surface area contributed by atoms with Gasteiger partial charge in [-0.25, -0.2) is 9.59 Å². The van der Waals surface area contributed by atoms with Crippen molar-refractivity contribution in [2.75, 3.05) is 7.05 Å². The Hall–Kier alpha value is -2.04. The lowest BCUT2D eigenvalue weighted by Gasteiger charge is -2.22. The predicted molar refractivity (Wildman–Crippen MR) is 77.3 cm³/mol. The molecule has 0 bridgehead atoms. The van der Waals surface area contributed by atoms with Gasteiger partial charge < -0.3 is 15.3 Å². The number of hydrogen-bond acceptors (Lipinski definition) is 2. The van der Waals surface area contributed by atoms with E-state index in [4.69, 9.17) is 5.11 Å². The number of urea groups is 1. The van der Waals surface area contributed by atoms with Gasteiger partial charge >= 0.3 is 12.0 Å². The summed E-state index contributed by atoms with van der Waals surface area (Å²) in [5, 5.41) is 11.7. The lowest BCUT2D eigenvalue weighted by Crippen LogP contribution is -2.46. The quantitative estimate of drug-likeness (QED) is 0.839. The lowest BCUT2D eigenvalue weighted by molar-refractivity contribution is -0.139. The molecule has 0 radical (unpaired) electrons. The first-order valence-electron chi connectivity index (χ1n) is 6.68. The van der Waals surface area contributed by atoms with Crippen LogP contribution >= 0.6 is 0 Å². The second-order valence-electron chi connectivity index (χ2n) is 5.31.